The molecule has 0 aliphatic carbocycles. The minimum atomic E-state index is -1.50. The smallest absolute Gasteiger partial charge is 0.310 e. The SMILES string of the molecule is Cc1ccc([S@@](=O)CC(=O)CC(=O)CC(=O)O)cc1. The first-order chi connectivity index (χ1) is 8.88. The predicted molar refractivity (Wildman–Crippen MR) is 69.3 cm³/mol. The van der Waals surface area contributed by atoms with E-state index < -0.39 is 41.2 Å². The highest BCUT2D eigenvalue weighted by Crippen LogP contribution is 2.09. The fourth-order valence-corrected chi connectivity index (χ4v) is 2.42. The molecule has 102 valence electrons. The van der Waals surface area contributed by atoms with Crippen LogP contribution in [0.4, 0.5) is 0 Å². The Morgan fingerprint density at radius 2 is 1.63 bits per heavy atom. The van der Waals surface area contributed by atoms with Crippen LogP contribution in [0, 0.1) is 6.92 Å². The van der Waals surface area contributed by atoms with Gasteiger partial charge in [-0.05, 0) is 19.1 Å². The normalized spacial score (nSPS) is 11.8. The zero-order chi connectivity index (χ0) is 14.4. The number of benzene rings is 1. The van der Waals surface area contributed by atoms with Crippen LogP contribution in [0.5, 0.6) is 0 Å². The summed E-state index contributed by atoms with van der Waals surface area (Å²) in [5, 5.41) is 8.39. The molecule has 0 unspecified atom stereocenters. The third kappa shape index (κ3) is 5.56. The summed E-state index contributed by atoms with van der Waals surface area (Å²) < 4.78 is 11.8. The minimum absolute atomic E-state index is 0.269. The molecule has 0 amide bonds. The Morgan fingerprint density at radius 1 is 1.05 bits per heavy atom. The summed E-state index contributed by atoms with van der Waals surface area (Å²) in [5.41, 5.74) is 1.02. The van der Waals surface area contributed by atoms with E-state index in [1.165, 1.54) is 0 Å². The first-order valence-corrected chi connectivity index (χ1v) is 6.90. The van der Waals surface area contributed by atoms with Gasteiger partial charge in [0.25, 0.3) is 0 Å². The van der Waals surface area contributed by atoms with Crippen LogP contribution < -0.4 is 0 Å². The van der Waals surface area contributed by atoms with Gasteiger partial charge in [0, 0.05) is 4.90 Å². The summed E-state index contributed by atoms with van der Waals surface area (Å²) in [6.07, 6.45) is -1.16. The first-order valence-electron chi connectivity index (χ1n) is 5.58. The number of carboxylic acids is 1. The lowest BCUT2D eigenvalue weighted by molar-refractivity contribution is -0.140. The summed E-state index contributed by atoms with van der Waals surface area (Å²) in [6.45, 7) is 1.89. The van der Waals surface area contributed by atoms with Crippen LogP contribution in [-0.2, 0) is 25.2 Å². The molecule has 1 aromatic carbocycles. The molecule has 0 aliphatic heterocycles. The maximum Gasteiger partial charge on any atom is 0.310 e. The van der Waals surface area contributed by atoms with Gasteiger partial charge in [0.05, 0.1) is 23.0 Å². The number of hydrogen-bond donors (Lipinski definition) is 1. The lowest BCUT2D eigenvalue weighted by atomic mass is 10.2. The van der Waals surface area contributed by atoms with E-state index in [0.717, 1.165) is 5.56 Å². The highest BCUT2D eigenvalue weighted by atomic mass is 32.2. The van der Waals surface area contributed by atoms with Crippen LogP contribution in [-0.4, -0.2) is 32.6 Å². The number of carboxylic acid groups (broad SMARTS) is 1. The Bertz CT molecular complexity index is 518. The number of rotatable bonds is 7. The molecule has 1 atom stereocenters. The van der Waals surface area contributed by atoms with E-state index in [4.69, 9.17) is 5.11 Å². The standard InChI is InChI=1S/C13H14O5S/c1-9-2-4-12(5-3-9)19(18)8-11(15)6-10(14)7-13(16)17/h2-5H,6-8H2,1H3,(H,16,17)/t19-/m0/s1. The van der Waals surface area contributed by atoms with Crippen LogP contribution in [0.3, 0.4) is 0 Å². The van der Waals surface area contributed by atoms with E-state index >= 15 is 0 Å². The number of ketones is 2. The van der Waals surface area contributed by atoms with Gasteiger partial charge >= 0.3 is 5.97 Å². The van der Waals surface area contributed by atoms with Crippen molar-refractivity contribution in [3.8, 4) is 0 Å². The molecular weight excluding hydrogens is 268 g/mol. The van der Waals surface area contributed by atoms with Crippen molar-refractivity contribution in [2.24, 2.45) is 0 Å². The molecule has 6 heteroatoms. The molecular formula is C13H14O5S. The van der Waals surface area contributed by atoms with Gasteiger partial charge in [-0.1, -0.05) is 17.7 Å². The maximum absolute atomic E-state index is 11.8. The van der Waals surface area contributed by atoms with Gasteiger partial charge in [-0.15, -0.1) is 0 Å². The molecule has 5 nitrogen and oxygen atoms in total. The molecule has 0 heterocycles. The van der Waals surface area contributed by atoms with Gasteiger partial charge in [-0.25, -0.2) is 0 Å². The molecule has 0 saturated heterocycles. The van der Waals surface area contributed by atoms with Crippen LogP contribution in [0.1, 0.15) is 18.4 Å². The van der Waals surface area contributed by atoms with E-state index in [1.54, 1.807) is 24.3 Å². The van der Waals surface area contributed by atoms with Crippen LogP contribution in [0.25, 0.3) is 0 Å². The molecule has 0 spiro atoms. The number of carbonyl (C=O) groups excluding carboxylic acids is 2. The van der Waals surface area contributed by atoms with E-state index in [1.807, 2.05) is 6.92 Å². The van der Waals surface area contributed by atoms with Crippen molar-refractivity contribution < 1.29 is 23.7 Å². The summed E-state index contributed by atoms with van der Waals surface area (Å²) in [5.74, 6) is -2.71. The van der Waals surface area contributed by atoms with Gasteiger partial charge < -0.3 is 5.11 Å². The Balaban J connectivity index is 2.53. The summed E-state index contributed by atoms with van der Waals surface area (Å²) >= 11 is 0. The topological polar surface area (TPSA) is 88.5 Å². The van der Waals surface area contributed by atoms with Crippen molar-refractivity contribution in [3.05, 3.63) is 29.8 Å². The molecule has 0 radical (unpaired) electrons. The monoisotopic (exact) mass is 282 g/mol. The van der Waals surface area contributed by atoms with Gasteiger partial charge in [0.1, 0.15) is 6.42 Å². The molecule has 1 N–H and O–H groups in total. The Kier molecular flexibility index (Phi) is 5.57. The van der Waals surface area contributed by atoms with Gasteiger partial charge in [-0.2, -0.15) is 0 Å². The molecule has 0 aromatic heterocycles. The van der Waals surface area contributed by atoms with Gasteiger partial charge in [-0.3, -0.25) is 18.6 Å². The first kappa shape index (κ1) is 15.2. The second-order valence-corrected chi connectivity index (χ2v) is 5.58. The second-order valence-electron chi connectivity index (χ2n) is 4.13. The number of Topliss-reactive ketones (excluding diaryl/α,β-unsaturated/α-hetero) is 2. The lowest BCUT2D eigenvalue weighted by Crippen LogP contribution is -2.17. The van der Waals surface area contributed by atoms with E-state index in [2.05, 4.69) is 0 Å². The molecule has 0 fully saturated rings. The van der Waals surface area contributed by atoms with Crippen molar-refractivity contribution in [2.75, 3.05) is 5.75 Å². The predicted octanol–water partition coefficient (Wildman–Crippen LogP) is 1.11. The molecule has 0 saturated carbocycles. The Hall–Kier alpha value is -1.82. The van der Waals surface area contributed by atoms with E-state index in [0.29, 0.717) is 4.90 Å². The van der Waals surface area contributed by atoms with E-state index in [-0.39, 0.29) is 5.75 Å². The van der Waals surface area contributed by atoms with Crippen molar-refractivity contribution >= 4 is 28.3 Å². The summed E-state index contributed by atoms with van der Waals surface area (Å²) in [7, 11) is -1.50. The second kappa shape index (κ2) is 6.94. The van der Waals surface area contributed by atoms with Crippen LogP contribution in [0.2, 0.25) is 0 Å². The number of hydrogen-bond acceptors (Lipinski definition) is 4. The van der Waals surface area contributed by atoms with Gasteiger partial charge in [0.15, 0.2) is 11.6 Å². The third-order valence-electron chi connectivity index (χ3n) is 2.32. The molecule has 1 aromatic rings. The largest absolute Gasteiger partial charge is 0.481 e. The zero-order valence-electron chi connectivity index (χ0n) is 10.4. The fraction of sp³-hybridized carbons (Fsp3) is 0.308. The lowest BCUT2D eigenvalue weighted by Gasteiger charge is -2.02. The van der Waals surface area contributed by atoms with E-state index in [9.17, 15) is 18.6 Å². The average molecular weight is 282 g/mol. The summed E-state index contributed by atoms with van der Waals surface area (Å²) in [6, 6.07) is 6.90. The minimum Gasteiger partial charge on any atom is -0.481 e. The van der Waals surface area contributed by atoms with Crippen molar-refractivity contribution in [1.29, 1.82) is 0 Å². The Morgan fingerprint density at radius 3 is 2.16 bits per heavy atom. The summed E-state index contributed by atoms with van der Waals surface area (Å²) in [4.78, 5) is 33.4. The van der Waals surface area contributed by atoms with Crippen LogP contribution in [0.15, 0.2) is 29.2 Å². The highest BCUT2D eigenvalue weighted by Gasteiger charge is 2.16. The quantitative estimate of drug-likeness (QED) is 0.757. The number of aryl methyl sites for hydroxylation is 1. The van der Waals surface area contributed by atoms with Crippen molar-refractivity contribution in [3.63, 3.8) is 0 Å². The average Bonchev–Trinajstić information content (AvgIpc) is 2.27. The van der Waals surface area contributed by atoms with Gasteiger partial charge in [0.2, 0.25) is 0 Å². The van der Waals surface area contributed by atoms with Crippen molar-refractivity contribution in [1.82, 2.24) is 0 Å². The Labute approximate surface area is 113 Å². The number of carbonyl (C=O) groups is 3. The van der Waals surface area contributed by atoms with Crippen molar-refractivity contribution in [2.45, 2.75) is 24.7 Å². The highest BCUT2D eigenvalue weighted by molar-refractivity contribution is 7.85. The van der Waals surface area contributed by atoms with Crippen LogP contribution >= 0.6 is 0 Å². The third-order valence-corrected chi connectivity index (χ3v) is 3.70. The number of aliphatic carboxylic acids is 1. The molecule has 0 bridgehead atoms. The molecule has 0 aliphatic rings. The molecule has 19 heavy (non-hydrogen) atoms. The maximum atomic E-state index is 11.8. The fourth-order valence-electron chi connectivity index (χ4n) is 1.42. The molecule has 1 rings (SSSR count). The zero-order valence-corrected chi connectivity index (χ0v) is 11.2.